The van der Waals surface area contributed by atoms with E-state index in [1.807, 2.05) is 35.7 Å². The van der Waals surface area contributed by atoms with E-state index in [4.69, 9.17) is 21.9 Å². The highest BCUT2D eigenvalue weighted by atomic mass is 79.9. The molecule has 1 aromatic carbocycles. The van der Waals surface area contributed by atoms with Crippen molar-refractivity contribution in [3.63, 3.8) is 0 Å². The lowest BCUT2D eigenvalue weighted by atomic mass is 10.1. The van der Waals surface area contributed by atoms with Crippen LogP contribution in [0.5, 0.6) is 0 Å². The highest BCUT2D eigenvalue weighted by Gasteiger charge is 2.21. The van der Waals surface area contributed by atoms with Crippen LogP contribution in [-0.4, -0.2) is 5.16 Å². The summed E-state index contributed by atoms with van der Waals surface area (Å²) in [6.07, 6.45) is 0. The third-order valence-corrected chi connectivity index (χ3v) is 4.72. The molecule has 0 bridgehead atoms. The highest BCUT2D eigenvalue weighted by molar-refractivity contribution is 9.10. The van der Waals surface area contributed by atoms with Crippen LogP contribution >= 0.6 is 38.9 Å². The molecule has 0 aliphatic heterocycles. The molecule has 3 aromatic rings. The number of nitrogens with zero attached hydrogens (tertiary/aromatic N) is 1. The first kappa shape index (κ1) is 12.7. The summed E-state index contributed by atoms with van der Waals surface area (Å²) >= 11 is 11.2. The van der Waals surface area contributed by atoms with Crippen LogP contribution in [0, 0.1) is 0 Å². The third kappa shape index (κ3) is 2.18. The van der Waals surface area contributed by atoms with Gasteiger partial charge in [0.25, 0.3) is 0 Å². The first-order chi connectivity index (χ1) is 9.18. The van der Waals surface area contributed by atoms with Gasteiger partial charge >= 0.3 is 0 Å². The van der Waals surface area contributed by atoms with Crippen molar-refractivity contribution in [1.29, 1.82) is 0 Å². The number of halogens is 2. The largest absolute Gasteiger partial charge is 0.380 e. The van der Waals surface area contributed by atoms with Gasteiger partial charge in [0, 0.05) is 10.0 Å². The Morgan fingerprint density at radius 2 is 2.05 bits per heavy atom. The van der Waals surface area contributed by atoms with Crippen molar-refractivity contribution >= 4 is 44.7 Å². The van der Waals surface area contributed by atoms with Gasteiger partial charge in [-0.15, -0.1) is 11.3 Å². The molecule has 0 saturated heterocycles. The van der Waals surface area contributed by atoms with Gasteiger partial charge in [-0.1, -0.05) is 50.9 Å². The van der Waals surface area contributed by atoms with Crippen molar-refractivity contribution in [3.8, 4) is 21.8 Å². The van der Waals surface area contributed by atoms with Crippen molar-refractivity contribution in [2.45, 2.75) is 0 Å². The monoisotopic (exact) mass is 354 g/mol. The minimum absolute atomic E-state index is 0.353. The summed E-state index contributed by atoms with van der Waals surface area (Å²) in [6.45, 7) is 0. The third-order valence-electron chi connectivity index (χ3n) is 2.69. The molecule has 0 unspecified atom stereocenters. The van der Waals surface area contributed by atoms with Gasteiger partial charge in [0.05, 0.1) is 15.5 Å². The SMILES string of the molecule is Nc1noc(-c2sccc2Cl)c1-c1ccccc1Br. The first-order valence-electron chi connectivity index (χ1n) is 5.42. The van der Waals surface area contributed by atoms with Crippen LogP contribution in [-0.2, 0) is 0 Å². The molecule has 0 aliphatic carbocycles. The van der Waals surface area contributed by atoms with E-state index in [9.17, 15) is 0 Å². The molecule has 0 atom stereocenters. The maximum absolute atomic E-state index is 6.15. The van der Waals surface area contributed by atoms with Gasteiger partial charge in [0.1, 0.15) is 0 Å². The van der Waals surface area contributed by atoms with Crippen molar-refractivity contribution in [2.24, 2.45) is 0 Å². The zero-order chi connectivity index (χ0) is 13.4. The molecule has 2 aromatic heterocycles. The van der Waals surface area contributed by atoms with E-state index >= 15 is 0 Å². The minimum Gasteiger partial charge on any atom is -0.380 e. The maximum Gasteiger partial charge on any atom is 0.188 e. The van der Waals surface area contributed by atoms with Crippen LogP contribution < -0.4 is 5.73 Å². The molecule has 3 rings (SSSR count). The fourth-order valence-corrected chi connectivity index (χ4v) is 3.44. The number of aromatic nitrogens is 1. The molecule has 2 heterocycles. The smallest absolute Gasteiger partial charge is 0.188 e. The number of anilines is 1. The Hall–Kier alpha value is -1.30. The van der Waals surface area contributed by atoms with Gasteiger partial charge in [0.15, 0.2) is 11.6 Å². The molecule has 96 valence electrons. The number of rotatable bonds is 2. The predicted molar refractivity (Wildman–Crippen MR) is 82.4 cm³/mol. The van der Waals surface area contributed by atoms with E-state index in [1.165, 1.54) is 11.3 Å². The van der Waals surface area contributed by atoms with Gasteiger partial charge in [-0.3, -0.25) is 0 Å². The number of hydrogen-bond donors (Lipinski definition) is 1. The molecule has 0 aliphatic rings. The minimum atomic E-state index is 0.353. The van der Waals surface area contributed by atoms with Crippen molar-refractivity contribution < 1.29 is 4.52 Å². The summed E-state index contributed by atoms with van der Waals surface area (Å²) in [7, 11) is 0. The molecule has 0 fully saturated rings. The van der Waals surface area contributed by atoms with Crippen LogP contribution in [0.2, 0.25) is 5.02 Å². The number of thiophene rings is 1. The highest BCUT2D eigenvalue weighted by Crippen LogP contribution is 2.43. The normalized spacial score (nSPS) is 10.8. The Kier molecular flexibility index (Phi) is 3.35. The summed E-state index contributed by atoms with van der Waals surface area (Å²) in [4.78, 5) is 0.830. The Balaban J connectivity index is 2.26. The summed E-state index contributed by atoms with van der Waals surface area (Å²) in [5.74, 6) is 0.954. The standard InChI is InChI=1S/C13H8BrClN2OS/c14-8-4-2-1-3-7(8)10-11(18-17-13(10)16)12-9(15)5-6-19-12/h1-6H,(H2,16,17). The Morgan fingerprint density at radius 1 is 1.26 bits per heavy atom. The predicted octanol–water partition coefficient (Wildman–Crippen LogP) is 5.07. The van der Waals surface area contributed by atoms with Gasteiger partial charge in [-0.25, -0.2) is 0 Å². The molecular weight excluding hydrogens is 348 g/mol. The van der Waals surface area contributed by atoms with Crippen LogP contribution in [0.25, 0.3) is 21.8 Å². The lowest BCUT2D eigenvalue weighted by Crippen LogP contribution is -1.89. The van der Waals surface area contributed by atoms with Gasteiger partial charge in [0.2, 0.25) is 0 Å². The summed E-state index contributed by atoms with van der Waals surface area (Å²) in [6, 6.07) is 9.60. The van der Waals surface area contributed by atoms with E-state index in [1.54, 1.807) is 0 Å². The number of benzene rings is 1. The van der Waals surface area contributed by atoms with Gasteiger partial charge < -0.3 is 10.3 Å². The number of nitrogens with two attached hydrogens (primary N) is 1. The van der Waals surface area contributed by atoms with Gasteiger partial charge in [-0.05, 0) is 17.5 Å². The van der Waals surface area contributed by atoms with Crippen LogP contribution in [0.4, 0.5) is 5.82 Å². The van der Waals surface area contributed by atoms with Crippen LogP contribution in [0.15, 0.2) is 44.7 Å². The molecule has 0 spiro atoms. The Bertz CT molecular complexity index is 738. The van der Waals surface area contributed by atoms with E-state index in [0.717, 1.165) is 20.5 Å². The van der Waals surface area contributed by atoms with Crippen molar-refractivity contribution in [1.82, 2.24) is 5.16 Å². The van der Waals surface area contributed by atoms with E-state index in [2.05, 4.69) is 21.1 Å². The molecule has 3 nitrogen and oxygen atoms in total. The fourth-order valence-electron chi connectivity index (χ4n) is 1.84. The lowest BCUT2D eigenvalue weighted by Gasteiger charge is -2.04. The second kappa shape index (κ2) is 5.00. The second-order valence-electron chi connectivity index (χ2n) is 3.85. The molecule has 19 heavy (non-hydrogen) atoms. The zero-order valence-corrected chi connectivity index (χ0v) is 12.7. The number of hydrogen-bond acceptors (Lipinski definition) is 4. The average molecular weight is 356 g/mol. The van der Waals surface area contributed by atoms with Crippen LogP contribution in [0.3, 0.4) is 0 Å². The van der Waals surface area contributed by atoms with Crippen molar-refractivity contribution in [3.05, 3.63) is 45.2 Å². The summed E-state index contributed by atoms with van der Waals surface area (Å²) in [5, 5.41) is 6.40. The van der Waals surface area contributed by atoms with E-state index in [0.29, 0.717) is 16.6 Å². The quantitative estimate of drug-likeness (QED) is 0.698. The molecular formula is C13H8BrClN2OS. The molecule has 2 N–H and O–H groups in total. The fraction of sp³-hybridized carbons (Fsp3) is 0. The van der Waals surface area contributed by atoms with E-state index in [-0.39, 0.29) is 0 Å². The number of nitrogen functional groups attached to an aromatic ring is 1. The summed E-state index contributed by atoms with van der Waals surface area (Å²) in [5.41, 5.74) is 7.63. The first-order valence-corrected chi connectivity index (χ1v) is 7.47. The second-order valence-corrected chi connectivity index (χ2v) is 6.03. The molecule has 6 heteroatoms. The molecule has 0 radical (unpaired) electrons. The maximum atomic E-state index is 6.15. The van der Waals surface area contributed by atoms with Crippen LogP contribution in [0.1, 0.15) is 0 Å². The average Bonchev–Trinajstić information content (AvgIpc) is 2.96. The zero-order valence-electron chi connectivity index (χ0n) is 9.56. The van der Waals surface area contributed by atoms with Gasteiger partial charge in [-0.2, -0.15) is 0 Å². The molecule has 0 amide bonds. The lowest BCUT2D eigenvalue weighted by molar-refractivity contribution is 0.437. The Labute approximate surface area is 127 Å². The van der Waals surface area contributed by atoms with E-state index < -0.39 is 0 Å². The molecule has 0 saturated carbocycles. The summed E-state index contributed by atoms with van der Waals surface area (Å²) < 4.78 is 6.29. The Morgan fingerprint density at radius 3 is 2.74 bits per heavy atom. The van der Waals surface area contributed by atoms with Crippen molar-refractivity contribution in [2.75, 3.05) is 5.73 Å². The topological polar surface area (TPSA) is 52.0 Å².